The van der Waals surface area contributed by atoms with Gasteiger partial charge in [-0.05, 0) is 19.1 Å². The van der Waals surface area contributed by atoms with Crippen LogP contribution in [0.2, 0.25) is 0 Å². The molecule has 0 aliphatic heterocycles. The van der Waals surface area contributed by atoms with Crippen molar-refractivity contribution in [1.29, 1.82) is 0 Å². The summed E-state index contributed by atoms with van der Waals surface area (Å²) in [7, 11) is 0. The first-order valence-corrected chi connectivity index (χ1v) is 5.26. The van der Waals surface area contributed by atoms with E-state index >= 15 is 0 Å². The molecule has 0 radical (unpaired) electrons. The monoisotopic (exact) mass is 214 g/mol. The molecule has 4 nitrogen and oxygen atoms in total. The Morgan fingerprint density at radius 2 is 1.81 bits per heavy atom. The molecule has 1 heterocycles. The Morgan fingerprint density at radius 1 is 1.06 bits per heavy atom. The molecule has 1 aromatic carbocycles. The highest BCUT2D eigenvalue weighted by molar-refractivity contribution is 5.56. The Labute approximate surface area is 94.8 Å². The van der Waals surface area contributed by atoms with Gasteiger partial charge in [0.15, 0.2) is 5.82 Å². The van der Waals surface area contributed by atoms with E-state index in [0.717, 1.165) is 23.9 Å². The number of benzene rings is 1. The molecule has 1 aromatic heterocycles. The van der Waals surface area contributed by atoms with Crippen LogP contribution in [0.3, 0.4) is 0 Å². The van der Waals surface area contributed by atoms with Gasteiger partial charge in [0.05, 0.1) is 12.4 Å². The molecule has 2 rings (SSSR count). The maximum absolute atomic E-state index is 4.37. The predicted molar refractivity (Wildman–Crippen MR) is 65.9 cm³/mol. The lowest BCUT2D eigenvalue weighted by Crippen LogP contribution is -2.02. The number of hydrogen-bond donors (Lipinski definition) is 2. The van der Waals surface area contributed by atoms with Crippen LogP contribution in [0.25, 0.3) is 0 Å². The average molecular weight is 214 g/mol. The molecular formula is C12H14N4. The second kappa shape index (κ2) is 5.11. The van der Waals surface area contributed by atoms with Gasteiger partial charge in [0, 0.05) is 12.2 Å². The standard InChI is InChI=1S/C12H14N4/c1-2-14-11-8-13-9-12(16-11)15-10-6-4-3-5-7-10/h3-9H,2H2,1H3,(H2,14,15,16). The Bertz CT molecular complexity index is 442. The quantitative estimate of drug-likeness (QED) is 0.821. The van der Waals surface area contributed by atoms with Gasteiger partial charge in [-0.25, -0.2) is 4.98 Å². The lowest BCUT2D eigenvalue weighted by Gasteiger charge is -2.07. The van der Waals surface area contributed by atoms with E-state index in [1.807, 2.05) is 37.3 Å². The fourth-order valence-electron chi connectivity index (χ4n) is 1.36. The molecule has 2 aromatic rings. The maximum atomic E-state index is 4.37. The molecular weight excluding hydrogens is 200 g/mol. The highest BCUT2D eigenvalue weighted by atomic mass is 15.1. The first kappa shape index (κ1) is 10.4. The van der Waals surface area contributed by atoms with Crippen LogP contribution < -0.4 is 10.6 Å². The molecule has 0 spiro atoms. The van der Waals surface area contributed by atoms with Crippen molar-refractivity contribution in [3.63, 3.8) is 0 Å². The van der Waals surface area contributed by atoms with Gasteiger partial charge in [-0.2, -0.15) is 0 Å². The minimum Gasteiger partial charge on any atom is -0.369 e. The summed E-state index contributed by atoms with van der Waals surface area (Å²) in [6.45, 7) is 2.86. The Kier molecular flexibility index (Phi) is 3.33. The van der Waals surface area contributed by atoms with Crippen LogP contribution in [0.1, 0.15) is 6.92 Å². The highest BCUT2D eigenvalue weighted by Crippen LogP contribution is 2.14. The smallest absolute Gasteiger partial charge is 0.151 e. The third kappa shape index (κ3) is 2.70. The zero-order valence-electron chi connectivity index (χ0n) is 9.14. The third-order valence-corrected chi connectivity index (χ3v) is 2.04. The summed E-state index contributed by atoms with van der Waals surface area (Å²) in [4.78, 5) is 8.48. The van der Waals surface area contributed by atoms with E-state index in [9.17, 15) is 0 Å². The van der Waals surface area contributed by atoms with Crippen LogP contribution in [0.4, 0.5) is 17.3 Å². The topological polar surface area (TPSA) is 49.8 Å². The van der Waals surface area contributed by atoms with E-state index in [2.05, 4.69) is 20.6 Å². The van der Waals surface area contributed by atoms with E-state index in [-0.39, 0.29) is 0 Å². The van der Waals surface area contributed by atoms with Crippen LogP contribution >= 0.6 is 0 Å². The molecule has 0 saturated heterocycles. The summed E-state index contributed by atoms with van der Waals surface area (Å²) in [6.07, 6.45) is 3.41. The van der Waals surface area contributed by atoms with Crippen LogP contribution in [0, 0.1) is 0 Å². The van der Waals surface area contributed by atoms with E-state index in [1.165, 1.54) is 0 Å². The minimum absolute atomic E-state index is 0.740. The number of aromatic nitrogens is 2. The molecule has 0 fully saturated rings. The van der Waals surface area contributed by atoms with Crippen molar-refractivity contribution in [1.82, 2.24) is 9.97 Å². The van der Waals surface area contributed by atoms with Crippen molar-refractivity contribution in [3.05, 3.63) is 42.7 Å². The average Bonchev–Trinajstić information content (AvgIpc) is 2.31. The van der Waals surface area contributed by atoms with Crippen molar-refractivity contribution in [2.24, 2.45) is 0 Å². The second-order valence-corrected chi connectivity index (χ2v) is 3.31. The van der Waals surface area contributed by atoms with Gasteiger partial charge >= 0.3 is 0 Å². The molecule has 2 N–H and O–H groups in total. The van der Waals surface area contributed by atoms with Gasteiger partial charge in [-0.3, -0.25) is 4.98 Å². The molecule has 0 aliphatic carbocycles. The van der Waals surface area contributed by atoms with Crippen molar-refractivity contribution < 1.29 is 0 Å². The summed E-state index contributed by atoms with van der Waals surface area (Å²) in [6, 6.07) is 9.91. The summed E-state index contributed by atoms with van der Waals surface area (Å²) >= 11 is 0. The van der Waals surface area contributed by atoms with Crippen LogP contribution in [-0.2, 0) is 0 Å². The van der Waals surface area contributed by atoms with Gasteiger partial charge in [0.25, 0.3) is 0 Å². The predicted octanol–water partition coefficient (Wildman–Crippen LogP) is 2.65. The summed E-state index contributed by atoms with van der Waals surface area (Å²) in [5.74, 6) is 1.52. The molecule has 0 atom stereocenters. The SMILES string of the molecule is CCNc1cncc(Nc2ccccc2)n1. The summed E-state index contributed by atoms with van der Waals surface area (Å²) in [5, 5.41) is 6.31. The number of para-hydroxylation sites is 1. The first-order valence-electron chi connectivity index (χ1n) is 5.26. The van der Waals surface area contributed by atoms with E-state index in [0.29, 0.717) is 0 Å². The fraction of sp³-hybridized carbons (Fsp3) is 0.167. The van der Waals surface area contributed by atoms with E-state index in [1.54, 1.807) is 12.4 Å². The molecule has 82 valence electrons. The second-order valence-electron chi connectivity index (χ2n) is 3.31. The number of nitrogens with zero attached hydrogens (tertiary/aromatic N) is 2. The molecule has 0 bridgehead atoms. The normalized spacial score (nSPS) is 9.81. The summed E-state index contributed by atoms with van der Waals surface area (Å²) < 4.78 is 0. The molecule has 0 saturated carbocycles. The van der Waals surface area contributed by atoms with Crippen molar-refractivity contribution in [2.75, 3.05) is 17.2 Å². The van der Waals surface area contributed by atoms with Gasteiger partial charge in [0.1, 0.15) is 5.82 Å². The minimum atomic E-state index is 0.740. The van der Waals surface area contributed by atoms with Crippen molar-refractivity contribution in [2.45, 2.75) is 6.92 Å². The van der Waals surface area contributed by atoms with Gasteiger partial charge in [-0.1, -0.05) is 18.2 Å². The zero-order chi connectivity index (χ0) is 11.2. The Morgan fingerprint density at radius 3 is 2.56 bits per heavy atom. The van der Waals surface area contributed by atoms with Crippen LogP contribution in [0.15, 0.2) is 42.7 Å². The molecule has 0 unspecified atom stereocenters. The maximum Gasteiger partial charge on any atom is 0.151 e. The largest absolute Gasteiger partial charge is 0.369 e. The van der Waals surface area contributed by atoms with Crippen LogP contribution in [-0.4, -0.2) is 16.5 Å². The van der Waals surface area contributed by atoms with Gasteiger partial charge in [0.2, 0.25) is 0 Å². The zero-order valence-corrected chi connectivity index (χ0v) is 9.14. The fourth-order valence-corrected chi connectivity index (χ4v) is 1.36. The van der Waals surface area contributed by atoms with E-state index < -0.39 is 0 Å². The van der Waals surface area contributed by atoms with Crippen molar-refractivity contribution in [3.8, 4) is 0 Å². The van der Waals surface area contributed by atoms with Gasteiger partial charge < -0.3 is 10.6 Å². The third-order valence-electron chi connectivity index (χ3n) is 2.04. The molecule has 4 heteroatoms. The Balaban J connectivity index is 2.12. The lowest BCUT2D eigenvalue weighted by molar-refractivity contribution is 1.12. The van der Waals surface area contributed by atoms with E-state index in [4.69, 9.17) is 0 Å². The Hall–Kier alpha value is -2.10. The van der Waals surface area contributed by atoms with Crippen molar-refractivity contribution >= 4 is 17.3 Å². The van der Waals surface area contributed by atoms with Gasteiger partial charge in [-0.15, -0.1) is 0 Å². The molecule has 0 amide bonds. The summed E-state index contributed by atoms with van der Waals surface area (Å²) in [5.41, 5.74) is 1.01. The number of rotatable bonds is 4. The number of hydrogen-bond acceptors (Lipinski definition) is 4. The molecule has 16 heavy (non-hydrogen) atoms. The lowest BCUT2D eigenvalue weighted by atomic mass is 10.3. The highest BCUT2D eigenvalue weighted by Gasteiger charge is 1.97. The van der Waals surface area contributed by atoms with Crippen LogP contribution in [0.5, 0.6) is 0 Å². The number of anilines is 3. The first-order chi connectivity index (χ1) is 7.88. The molecule has 0 aliphatic rings. The number of nitrogens with one attached hydrogen (secondary N) is 2.